The molecule has 26 heavy (non-hydrogen) atoms. The molecule has 2 fully saturated rings. The van der Waals surface area contributed by atoms with Crippen LogP contribution >= 0.6 is 12.4 Å². The maximum absolute atomic E-state index is 12.6. The lowest BCUT2D eigenvalue weighted by molar-refractivity contribution is -0.139. The minimum Gasteiger partial charge on any atom is -0.352 e. The van der Waals surface area contributed by atoms with E-state index in [4.69, 9.17) is 0 Å². The Kier molecular flexibility index (Phi) is 7.91. The second kappa shape index (κ2) is 9.93. The number of nitrogens with one attached hydrogen (secondary N) is 2. The van der Waals surface area contributed by atoms with Crippen molar-refractivity contribution in [3.63, 3.8) is 0 Å². The van der Waals surface area contributed by atoms with E-state index in [0.717, 1.165) is 44.3 Å². The standard InChI is InChI=1S/C20H29N3O2.ClH/c1-15-4-6-16(7-5-15)13-22-19(24)17-8-11-23(12-9-17)20(25)18-3-2-10-21-14-18;/h4-7,17-18,21H,2-3,8-14H2,1H3,(H,22,24);1H. The van der Waals surface area contributed by atoms with Gasteiger partial charge in [0, 0.05) is 32.1 Å². The van der Waals surface area contributed by atoms with Crippen LogP contribution in [0.2, 0.25) is 0 Å². The van der Waals surface area contributed by atoms with Gasteiger partial charge in [0.2, 0.25) is 11.8 Å². The predicted molar refractivity (Wildman–Crippen MR) is 105 cm³/mol. The van der Waals surface area contributed by atoms with Crippen molar-refractivity contribution in [3.8, 4) is 0 Å². The van der Waals surface area contributed by atoms with Crippen molar-refractivity contribution >= 4 is 24.2 Å². The molecule has 2 saturated heterocycles. The summed E-state index contributed by atoms with van der Waals surface area (Å²) < 4.78 is 0. The van der Waals surface area contributed by atoms with E-state index < -0.39 is 0 Å². The highest BCUT2D eigenvalue weighted by Gasteiger charge is 2.31. The van der Waals surface area contributed by atoms with Gasteiger partial charge in [-0.3, -0.25) is 9.59 Å². The second-order valence-corrected chi connectivity index (χ2v) is 7.35. The Hall–Kier alpha value is -1.59. The minimum atomic E-state index is 0. The molecule has 1 aromatic rings. The number of hydrogen-bond acceptors (Lipinski definition) is 3. The summed E-state index contributed by atoms with van der Waals surface area (Å²) in [5.41, 5.74) is 2.34. The quantitative estimate of drug-likeness (QED) is 0.843. The molecular formula is C20H30ClN3O2. The summed E-state index contributed by atoms with van der Waals surface area (Å²) in [5.74, 6) is 0.539. The summed E-state index contributed by atoms with van der Waals surface area (Å²) in [5, 5.41) is 6.35. The summed E-state index contributed by atoms with van der Waals surface area (Å²) in [6, 6.07) is 8.22. The van der Waals surface area contributed by atoms with Crippen LogP contribution in [0.5, 0.6) is 0 Å². The van der Waals surface area contributed by atoms with E-state index in [1.165, 1.54) is 5.56 Å². The zero-order valence-electron chi connectivity index (χ0n) is 15.5. The predicted octanol–water partition coefficient (Wildman–Crippen LogP) is 2.27. The van der Waals surface area contributed by atoms with Gasteiger partial charge >= 0.3 is 0 Å². The molecule has 0 aromatic heterocycles. The fourth-order valence-corrected chi connectivity index (χ4v) is 3.72. The molecule has 3 rings (SSSR count). The number of hydrogen-bond donors (Lipinski definition) is 2. The first-order valence-electron chi connectivity index (χ1n) is 9.46. The molecule has 0 aliphatic carbocycles. The van der Waals surface area contributed by atoms with Crippen molar-refractivity contribution < 1.29 is 9.59 Å². The largest absolute Gasteiger partial charge is 0.352 e. The topological polar surface area (TPSA) is 61.4 Å². The van der Waals surface area contributed by atoms with E-state index in [9.17, 15) is 9.59 Å². The molecule has 0 radical (unpaired) electrons. The van der Waals surface area contributed by atoms with Gasteiger partial charge in [0.15, 0.2) is 0 Å². The SMILES string of the molecule is Cc1ccc(CNC(=O)C2CCN(C(=O)C3CCCNC3)CC2)cc1.Cl. The molecule has 1 atom stereocenters. The van der Waals surface area contributed by atoms with Crippen LogP contribution in [0.1, 0.15) is 36.8 Å². The smallest absolute Gasteiger partial charge is 0.226 e. The summed E-state index contributed by atoms with van der Waals surface area (Å²) in [7, 11) is 0. The van der Waals surface area contributed by atoms with Crippen LogP contribution in [0, 0.1) is 18.8 Å². The first-order valence-corrected chi connectivity index (χ1v) is 9.46. The van der Waals surface area contributed by atoms with Crippen LogP contribution in [0.3, 0.4) is 0 Å². The highest BCUT2D eigenvalue weighted by molar-refractivity contribution is 5.85. The summed E-state index contributed by atoms with van der Waals surface area (Å²) >= 11 is 0. The normalized spacial score (nSPS) is 21.0. The molecule has 1 unspecified atom stereocenters. The van der Waals surface area contributed by atoms with Crippen LogP contribution < -0.4 is 10.6 Å². The van der Waals surface area contributed by atoms with Gasteiger partial charge in [-0.15, -0.1) is 12.4 Å². The van der Waals surface area contributed by atoms with Crippen molar-refractivity contribution in [2.45, 2.75) is 39.2 Å². The number of amides is 2. The lowest BCUT2D eigenvalue weighted by Crippen LogP contribution is -2.47. The zero-order valence-corrected chi connectivity index (χ0v) is 16.3. The highest BCUT2D eigenvalue weighted by atomic mass is 35.5. The number of benzene rings is 1. The van der Waals surface area contributed by atoms with Crippen molar-refractivity contribution in [1.29, 1.82) is 0 Å². The van der Waals surface area contributed by atoms with E-state index in [1.807, 2.05) is 4.90 Å². The Bertz CT molecular complexity index is 592. The molecule has 2 aliphatic rings. The van der Waals surface area contributed by atoms with Crippen LogP contribution in [-0.2, 0) is 16.1 Å². The molecule has 2 N–H and O–H groups in total. The van der Waals surface area contributed by atoms with Gasteiger partial charge in [-0.1, -0.05) is 29.8 Å². The van der Waals surface area contributed by atoms with Gasteiger partial charge in [-0.05, 0) is 44.7 Å². The average Bonchev–Trinajstić information content (AvgIpc) is 2.67. The third-order valence-electron chi connectivity index (χ3n) is 5.41. The van der Waals surface area contributed by atoms with E-state index in [1.54, 1.807) is 0 Å². The first kappa shape index (κ1) is 20.7. The number of likely N-dealkylation sites (tertiary alicyclic amines) is 1. The Morgan fingerprint density at radius 3 is 2.42 bits per heavy atom. The number of aryl methyl sites for hydroxylation is 1. The lowest BCUT2D eigenvalue weighted by Gasteiger charge is -2.34. The van der Waals surface area contributed by atoms with Crippen LogP contribution in [0.4, 0.5) is 0 Å². The molecule has 6 heteroatoms. The van der Waals surface area contributed by atoms with Gasteiger partial charge in [0.05, 0.1) is 5.92 Å². The molecule has 2 amide bonds. The molecule has 144 valence electrons. The molecule has 2 heterocycles. The maximum atomic E-state index is 12.6. The average molecular weight is 380 g/mol. The zero-order chi connectivity index (χ0) is 17.6. The molecule has 0 bridgehead atoms. The van der Waals surface area contributed by atoms with Gasteiger partial charge in [-0.25, -0.2) is 0 Å². The molecular weight excluding hydrogens is 350 g/mol. The third kappa shape index (κ3) is 5.45. The number of halogens is 1. The van der Waals surface area contributed by atoms with Gasteiger partial charge in [0.1, 0.15) is 0 Å². The first-order chi connectivity index (χ1) is 12.1. The Balaban J connectivity index is 0.00000243. The fourth-order valence-electron chi connectivity index (χ4n) is 3.72. The van der Waals surface area contributed by atoms with Crippen molar-refractivity contribution in [2.75, 3.05) is 26.2 Å². The van der Waals surface area contributed by atoms with E-state index in [0.29, 0.717) is 19.6 Å². The minimum absolute atomic E-state index is 0. The second-order valence-electron chi connectivity index (χ2n) is 7.35. The number of carbonyl (C=O) groups is 2. The monoisotopic (exact) mass is 379 g/mol. The van der Waals surface area contributed by atoms with E-state index >= 15 is 0 Å². The van der Waals surface area contributed by atoms with Crippen molar-refractivity contribution in [2.24, 2.45) is 11.8 Å². The van der Waals surface area contributed by atoms with Crippen molar-refractivity contribution in [1.82, 2.24) is 15.5 Å². The number of nitrogens with zero attached hydrogens (tertiary/aromatic N) is 1. The maximum Gasteiger partial charge on any atom is 0.226 e. The van der Waals surface area contributed by atoms with Crippen LogP contribution in [0.15, 0.2) is 24.3 Å². The Morgan fingerprint density at radius 2 is 1.81 bits per heavy atom. The van der Waals surface area contributed by atoms with Crippen LogP contribution in [0.25, 0.3) is 0 Å². The summed E-state index contributed by atoms with van der Waals surface area (Å²) in [6.45, 7) is 5.87. The third-order valence-corrected chi connectivity index (χ3v) is 5.41. The van der Waals surface area contributed by atoms with Gasteiger partial charge in [-0.2, -0.15) is 0 Å². The fraction of sp³-hybridized carbons (Fsp3) is 0.600. The lowest BCUT2D eigenvalue weighted by atomic mass is 9.93. The number of piperidine rings is 2. The summed E-state index contributed by atoms with van der Waals surface area (Å²) in [4.78, 5) is 26.9. The highest BCUT2D eigenvalue weighted by Crippen LogP contribution is 2.21. The Labute approximate surface area is 162 Å². The van der Waals surface area contributed by atoms with E-state index in [2.05, 4.69) is 41.8 Å². The molecule has 1 aromatic carbocycles. The van der Waals surface area contributed by atoms with Crippen molar-refractivity contribution in [3.05, 3.63) is 35.4 Å². The Morgan fingerprint density at radius 1 is 1.12 bits per heavy atom. The van der Waals surface area contributed by atoms with E-state index in [-0.39, 0.29) is 36.1 Å². The molecule has 2 aliphatic heterocycles. The summed E-state index contributed by atoms with van der Waals surface area (Å²) in [6.07, 6.45) is 3.61. The molecule has 0 spiro atoms. The molecule has 0 saturated carbocycles. The van der Waals surface area contributed by atoms with Crippen LogP contribution in [-0.4, -0.2) is 42.9 Å². The van der Waals surface area contributed by atoms with Gasteiger partial charge < -0.3 is 15.5 Å². The molecule has 5 nitrogen and oxygen atoms in total. The number of carbonyl (C=O) groups excluding carboxylic acids is 2. The van der Waals surface area contributed by atoms with Gasteiger partial charge in [0.25, 0.3) is 0 Å². The number of rotatable bonds is 4.